The number of aryl methyl sites for hydroxylation is 1. The first-order valence-corrected chi connectivity index (χ1v) is 12.5. The van der Waals surface area contributed by atoms with Gasteiger partial charge in [0.05, 0.1) is 5.60 Å². The molecule has 1 aromatic rings. The average molecular weight is 353 g/mol. The molecule has 0 unspecified atom stereocenters. The Morgan fingerprint density at radius 3 is 2.86 bits per heavy atom. The first kappa shape index (κ1) is 16.8. The van der Waals surface area contributed by atoms with Crippen molar-refractivity contribution >= 4 is 28.7 Å². The van der Waals surface area contributed by atoms with E-state index in [9.17, 15) is 0 Å². The molecule has 0 amide bonds. The van der Waals surface area contributed by atoms with Crippen LogP contribution < -0.4 is 0 Å². The maximum atomic E-state index is 6.55. The SMILES string of the molecule is C=C(C)[C@@H]1CC[C@]2(C)O[P@](=S)(CCc3ccccc3)S[C@H]2C1. The zero-order chi connectivity index (χ0) is 15.8. The molecule has 1 heterocycles. The minimum absolute atomic E-state index is 0.00281. The van der Waals surface area contributed by atoms with Crippen molar-refractivity contribution in [3.63, 3.8) is 0 Å². The van der Waals surface area contributed by atoms with Crippen LogP contribution in [0, 0.1) is 5.92 Å². The average Bonchev–Trinajstić information content (AvgIpc) is 2.76. The predicted molar refractivity (Wildman–Crippen MR) is 102 cm³/mol. The fraction of sp³-hybridized carbons (Fsp3) is 0.556. The van der Waals surface area contributed by atoms with Gasteiger partial charge < -0.3 is 4.52 Å². The third-order valence-electron chi connectivity index (χ3n) is 5.02. The van der Waals surface area contributed by atoms with E-state index in [0.29, 0.717) is 11.2 Å². The van der Waals surface area contributed by atoms with E-state index in [4.69, 9.17) is 16.3 Å². The Morgan fingerprint density at radius 1 is 1.45 bits per heavy atom. The zero-order valence-corrected chi connectivity index (χ0v) is 16.0. The van der Waals surface area contributed by atoms with E-state index >= 15 is 0 Å². The molecule has 120 valence electrons. The van der Waals surface area contributed by atoms with Gasteiger partial charge in [-0.3, -0.25) is 0 Å². The number of hydrogen-bond acceptors (Lipinski definition) is 3. The second-order valence-electron chi connectivity index (χ2n) is 6.89. The second-order valence-corrected chi connectivity index (χ2v) is 14.4. The Kier molecular flexibility index (Phi) is 4.90. The number of benzene rings is 1. The van der Waals surface area contributed by atoms with Gasteiger partial charge in [0, 0.05) is 11.4 Å². The van der Waals surface area contributed by atoms with E-state index in [-0.39, 0.29) is 5.60 Å². The largest absolute Gasteiger partial charge is 0.334 e. The molecular formula is C18H25OPS2. The Labute approximate surface area is 143 Å². The molecule has 1 nitrogen and oxygen atoms in total. The van der Waals surface area contributed by atoms with E-state index in [1.54, 1.807) is 0 Å². The quantitative estimate of drug-likeness (QED) is 0.500. The van der Waals surface area contributed by atoms with Gasteiger partial charge in [-0.2, -0.15) is 0 Å². The molecular weight excluding hydrogens is 327 g/mol. The lowest BCUT2D eigenvalue weighted by Crippen LogP contribution is -2.40. The van der Waals surface area contributed by atoms with Crippen LogP contribution in [0.5, 0.6) is 0 Å². The summed E-state index contributed by atoms with van der Waals surface area (Å²) in [4.78, 5) is 0. The van der Waals surface area contributed by atoms with Crippen molar-refractivity contribution in [2.75, 3.05) is 6.16 Å². The summed E-state index contributed by atoms with van der Waals surface area (Å²) >= 11 is 7.98. The third kappa shape index (κ3) is 3.53. The molecule has 0 radical (unpaired) electrons. The molecule has 4 atom stereocenters. The minimum atomic E-state index is -1.74. The standard InChI is InChI=1S/C18H25OPS2/c1-14(2)16-9-11-18(3)17(13-16)22-20(21,19-18)12-10-15-7-5-4-6-8-15/h4-8,16-17H,1,9-13H2,2-3H3/t16-,17+,18+,20+/m1/s1. The maximum absolute atomic E-state index is 6.55. The maximum Gasteiger partial charge on any atom is 0.121 e. The normalized spacial score (nSPS) is 37.7. The zero-order valence-electron chi connectivity index (χ0n) is 13.5. The Bertz CT molecular complexity index is 600. The fourth-order valence-electron chi connectivity index (χ4n) is 3.50. The van der Waals surface area contributed by atoms with Crippen molar-refractivity contribution in [3.8, 4) is 0 Å². The molecule has 2 fully saturated rings. The van der Waals surface area contributed by atoms with Crippen molar-refractivity contribution in [1.82, 2.24) is 0 Å². The lowest BCUT2D eigenvalue weighted by molar-refractivity contribution is 0.0671. The van der Waals surface area contributed by atoms with Gasteiger partial charge in [-0.1, -0.05) is 65.7 Å². The Balaban J connectivity index is 1.67. The van der Waals surface area contributed by atoms with Crippen LogP contribution in [0.15, 0.2) is 42.5 Å². The van der Waals surface area contributed by atoms with Gasteiger partial charge in [-0.25, -0.2) is 0 Å². The molecule has 1 saturated carbocycles. The Morgan fingerprint density at radius 2 is 2.18 bits per heavy atom. The Hall–Kier alpha value is -0.0800. The molecule has 0 bridgehead atoms. The van der Waals surface area contributed by atoms with Gasteiger partial charge in [-0.15, -0.1) is 0 Å². The first-order valence-electron chi connectivity index (χ1n) is 8.08. The van der Waals surface area contributed by atoms with E-state index in [1.165, 1.54) is 24.0 Å². The predicted octanol–water partition coefficient (Wildman–Crippen LogP) is 5.81. The van der Waals surface area contributed by atoms with Crippen LogP contribution in [-0.4, -0.2) is 17.0 Å². The van der Waals surface area contributed by atoms with Crippen molar-refractivity contribution in [2.24, 2.45) is 5.92 Å². The summed E-state index contributed by atoms with van der Waals surface area (Å²) in [5, 5.41) is 0.560. The number of rotatable bonds is 4. The van der Waals surface area contributed by atoms with E-state index < -0.39 is 5.47 Å². The molecule has 2 aliphatic rings. The van der Waals surface area contributed by atoms with Crippen LogP contribution in [0.4, 0.5) is 0 Å². The van der Waals surface area contributed by atoms with Crippen molar-refractivity contribution in [1.29, 1.82) is 0 Å². The van der Waals surface area contributed by atoms with Gasteiger partial charge in [0.15, 0.2) is 0 Å². The molecule has 3 rings (SSSR count). The second kappa shape index (κ2) is 6.43. The van der Waals surface area contributed by atoms with Crippen LogP contribution in [0.25, 0.3) is 0 Å². The molecule has 0 N–H and O–H groups in total. The monoisotopic (exact) mass is 352 g/mol. The van der Waals surface area contributed by atoms with Crippen LogP contribution in [-0.2, 0) is 22.8 Å². The molecule has 1 saturated heterocycles. The minimum Gasteiger partial charge on any atom is -0.334 e. The first-order chi connectivity index (χ1) is 10.4. The molecule has 1 aromatic carbocycles. The third-order valence-corrected chi connectivity index (χ3v) is 11.8. The van der Waals surface area contributed by atoms with Gasteiger partial charge in [0.2, 0.25) is 0 Å². The highest BCUT2D eigenvalue weighted by molar-refractivity contribution is 8.70. The summed E-state index contributed by atoms with van der Waals surface area (Å²) in [6.07, 6.45) is 5.59. The van der Waals surface area contributed by atoms with Gasteiger partial charge in [0.25, 0.3) is 0 Å². The highest BCUT2D eigenvalue weighted by Gasteiger charge is 2.51. The van der Waals surface area contributed by atoms with Gasteiger partial charge >= 0.3 is 0 Å². The lowest BCUT2D eigenvalue weighted by atomic mass is 9.77. The smallest absolute Gasteiger partial charge is 0.121 e. The van der Waals surface area contributed by atoms with Crippen LogP contribution in [0.2, 0.25) is 0 Å². The fourth-order valence-corrected chi connectivity index (χ4v) is 11.3. The summed E-state index contributed by atoms with van der Waals surface area (Å²) < 4.78 is 6.55. The van der Waals surface area contributed by atoms with Gasteiger partial charge in [-0.05, 0) is 51.0 Å². The molecule has 1 aliphatic carbocycles. The molecule has 1 aliphatic heterocycles. The topological polar surface area (TPSA) is 9.23 Å². The summed E-state index contributed by atoms with van der Waals surface area (Å²) in [6.45, 7) is 8.61. The summed E-state index contributed by atoms with van der Waals surface area (Å²) in [5.74, 6) is 0.657. The molecule has 0 spiro atoms. The lowest BCUT2D eigenvalue weighted by Gasteiger charge is -2.38. The van der Waals surface area contributed by atoms with Crippen LogP contribution >= 0.6 is 16.8 Å². The van der Waals surface area contributed by atoms with Crippen LogP contribution in [0.1, 0.15) is 38.7 Å². The highest BCUT2D eigenvalue weighted by atomic mass is 32.9. The summed E-state index contributed by atoms with van der Waals surface area (Å²) in [5.41, 5.74) is 0.957. The van der Waals surface area contributed by atoms with Crippen LogP contribution in [0.3, 0.4) is 0 Å². The van der Waals surface area contributed by atoms with E-state index in [1.807, 2.05) is 11.4 Å². The number of allylic oxidation sites excluding steroid dienone is 1. The van der Waals surface area contributed by atoms with Crippen molar-refractivity contribution in [2.45, 2.75) is 50.4 Å². The molecule has 0 aromatic heterocycles. The van der Waals surface area contributed by atoms with E-state index in [0.717, 1.165) is 19.0 Å². The van der Waals surface area contributed by atoms with Crippen molar-refractivity contribution < 1.29 is 4.52 Å². The summed E-state index contributed by atoms with van der Waals surface area (Å²) in [7, 11) is 0. The summed E-state index contributed by atoms with van der Waals surface area (Å²) in [6, 6.07) is 10.6. The molecule has 4 heteroatoms. The van der Waals surface area contributed by atoms with Gasteiger partial charge in [0.1, 0.15) is 5.47 Å². The molecule has 22 heavy (non-hydrogen) atoms. The number of hydrogen-bond donors (Lipinski definition) is 0. The number of fused-ring (bicyclic) bond motifs is 1. The van der Waals surface area contributed by atoms with Crippen molar-refractivity contribution in [3.05, 3.63) is 48.0 Å². The highest BCUT2D eigenvalue weighted by Crippen LogP contribution is 2.74. The van der Waals surface area contributed by atoms with E-state index in [2.05, 4.69) is 50.8 Å².